The fourth-order valence-electron chi connectivity index (χ4n) is 1.80. The summed E-state index contributed by atoms with van der Waals surface area (Å²) in [4.78, 5) is 0. The van der Waals surface area contributed by atoms with Gasteiger partial charge in [-0.2, -0.15) is 0 Å². The van der Waals surface area contributed by atoms with Crippen LogP contribution in [0.5, 0.6) is 0 Å². The second kappa shape index (κ2) is 3.58. The third-order valence-electron chi connectivity index (χ3n) is 2.85. The number of rotatable bonds is 3. The molecule has 1 aromatic rings. The topological polar surface area (TPSA) is 32.3 Å². The summed E-state index contributed by atoms with van der Waals surface area (Å²) in [7, 11) is 0. The lowest BCUT2D eigenvalue weighted by Gasteiger charge is -2.41. The number of aliphatic hydroxyl groups is 1. The zero-order chi connectivity index (χ0) is 10.0. The van der Waals surface area contributed by atoms with Crippen LogP contribution in [-0.4, -0.2) is 17.3 Å². The van der Waals surface area contributed by atoms with E-state index in [9.17, 15) is 9.50 Å². The predicted molar refractivity (Wildman–Crippen MR) is 53.7 cm³/mol. The fourth-order valence-corrected chi connectivity index (χ4v) is 1.80. The third kappa shape index (κ3) is 1.73. The lowest BCUT2D eigenvalue weighted by Crippen LogP contribution is -2.48. The van der Waals surface area contributed by atoms with Crippen LogP contribution < -0.4 is 5.32 Å². The highest BCUT2D eigenvalue weighted by Crippen LogP contribution is 2.34. The maximum atomic E-state index is 12.9. The Morgan fingerprint density at radius 2 is 2.21 bits per heavy atom. The summed E-state index contributed by atoms with van der Waals surface area (Å²) < 4.78 is 12.9. The van der Waals surface area contributed by atoms with Gasteiger partial charge in [0.05, 0.1) is 12.1 Å². The predicted octanol–water partition coefficient (Wildman–Crippen LogP) is 2.15. The Kier molecular flexibility index (Phi) is 2.42. The summed E-state index contributed by atoms with van der Waals surface area (Å²) >= 11 is 0. The van der Waals surface area contributed by atoms with Crippen molar-refractivity contribution < 1.29 is 9.50 Å². The summed E-state index contributed by atoms with van der Waals surface area (Å²) in [5, 5.41) is 12.4. The Morgan fingerprint density at radius 1 is 1.43 bits per heavy atom. The van der Waals surface area contributed by atoms with Gasteiger partial charge in [0.1, 0.15) is 5.82 Å². The van der Waals surface area contributed by atoms with E-state index in [0.717, 1.165) is 24.9 Å². The highest BCUT2D eigenvalue weighted by molar-refractivity contribution is 5.46. The molecule has 1 aromatic carbocycles. The monoisotopic (exact) mass is 195 g/mol. The van der Waals surface area contributed by atoms with Crippen molar-refractivity contribution in [2.75, 3.05) is 11.9 Å². The molecule has 76 valence electrons. The molecule has 1 saturated carbocycles. The van der Waals surface area contributed by atoms with E-state index in [1.807, 2.05) is 6.07 Å². The number of nitrogens with one attached hydrogen (secondary N) is 1. The van der Waals surface area contributed by atoms with E-state index in [-0.39, 0.29) is 18.0 Å². The molecule has 0 amide bonds. The minimum absolute atomic E-state index is 0.115. The molecule has 0 spiro atoms. The molecule has 0 saturated heterocycles. The van der Waals surface area contributed by atoms with Gasteiger partial charge in [-0.3, -0.25) is 0 Å². The second-order valence-corrected chi connectivity index (χ2v) is 3.93. The van der Waals surface area contributed by atoms with Crippen LogP contribution in [0.25, 0.3) is 0 Å². The van der Waals surface area contributed by atoms with E-state index in [4.69, 9.17) is 0 Å². The number of aliphatic hydroxyl groups excluding tert-OH is 1. The van der Waals surface area contributed by atoms with Crippen LogP contribution in [0, 0.1) is 5.82 Å². The Hall–Kier alpha value is -1.09. The molecule has 0 heterocycles. The van der Waals surface area contributed by atoms with Gasteiger partial charge in [-0.1, -0.05) is 6.07 Å². The average Bonchev–Trinajstić information content (AvgIpc) is 2.11. The maximum Gasteiger partial charge on any atom is 0.125 e. The molecule has 0 atom stereocenters. The van der Waals surface area contributed by atoms with E-state index < -0.39 is 0 Å². The first-order valence-electron chi connectivity index (χ1n) is 4.89. The van der Waals surface area contributed by atoms with Crippen molar-refractivity contribution in [3.63, 3.8) is 0 Å². The SMILES string of the molecule is OCC1(Nc2cccc(F)c2)CCC1. The molecule has 2 rings (SSSR count). The van der Waals surface area contributed by atoms with Gasteiger partial charge in [-0.05, 0) is 37.5 Å². The molecule has 2 nitrogen and oxygen atoms in total. The molecule has 0 aromatic heterocycles. The molecule has 0 radical (unpaired) electrons. The first-order valence-corrected chi connectivity index (χ1v) is 4.89. The van der Waals surface area contributed by atoms with Crippen molar-refractivity contribution in [2.24, 2.45) is 0 Å². The summed E-state index contributed by atoms with van der Waals surface area (Å²) in [6, 6.07) is 6.35. The van der Waals surface area contributed by atoms with Gasteiger partial charge in [0.2, 0.25) is 0 Å². The van der Waals surface area contributed by atoms with Gasteiger partial charge >= 0.3 is 0 Å². The second-order valence-electron chi connectivity index (χ2n) is 3.93. The maximum absolute atomic E-state index is 12.9. The highest BCUT2D eigenvalue weighted by atomic mass is 19.1. The summed E-state index contributed by atoms with van der Waals surface area (Å²) in [6.45, 7) is 0.115. The lowest BCUT2D eigenvalue weighted by atomic mass is 9.77. The molecule has 14 heavy (non-hydrogen) atoms. The van der Waals surface area contributed by atoms with E-state index in [1.54, 1.807) is 6.07 Å². The van der Waals surface area contributed by atoms with Crippen LogP contribution in [0.3, 0.4) is 0 Å². The van der Waals surface area contributed by atoms with Crippen LogP contribution in [0.1, 0.15) is 19.3 Å². The van der Waals surface area contributed by atoms with Crippen LogP contribution in [0.15, 0.2) is 24.3 Å². The molecule has 1 aliphatic carbocycles. The minimum Gasteiger partial charge on any atom is -0.394 e. The number of hydrogen-bond donors (Lipinski definition) is 2. The number of benzene rings is 1. The first kappa shape index (κ1) is 9.46. The van der Waals surface area contributed by atoms with Crippen molar-refractivity contribution in [1.29, 1.82) is 0 Å². The molecular weight excluding hydrogens is 181 g/mol. The minimum atomic E-state index is -0.248. The normalized spacial score (nSPS) is 18.7. The third-order valence-corrected chi connectivity index (χ3v) is 2.85. The fraction of sp³-hybridized carbons (Fsp3) is 0.455. The summed E-state index contributed by atoms with van der Waals surface area (Å²) in [5.41, 5.74) is 0.548. The Morgan fingerprint density at radius 3 is 2.71 bits per heavy atom. The molecular formula is C11H14FNO. The lowest BCUT2D eigenvalue weighted by molar-refractivity contribution is 0.144. The van der Waals surface area contributed by atoms with Crippen molar-refractivity contribution in [3.8, 4) is 0 Å². The van der Waals surface area contributed by atoms with Crippen molar-refractivity contribution >= 4 is 5.69 Å². The number of anilines is 1. The summed E-state index contributed by atoms with van der Waals surface area (Å²) in [5.74, 6) is -0.248. The quantitative estimate of drug-likeness (QED) is 0.774. The molecule has 3 heteroatoms. The summed E-state index contributed by atoms with van der Waals surface area (Å²) in [6.07, 6.45) is 3.04. The number of hydrogen-bond acceptors (Lipinski definition) is 2. The van der Waals surface area contributed by atoms with Crippen LogP contribution in [0.2, 0.25) is 0 Å². The zero-order valence-electron chi connectivity index (χ0n) is 7.96. The van der Waals surface area contributed by atoms with E-state index in [2.05, 4.69) is 5.32 Å². The Balaban J connectivity index is 2.09. The first-order chi connectivity index (χ1) is 6.74. The largest absolute Gasteiger partial charge is 0.394 e. The number of halogens is 1. The van der Waals surface area contributed by atoms with Gasteiger partial charge in [0, 0.05) is 5.69 Å². The smallest absolute Gasteiger partial charge is 0.125 e. The van der Waals surface area contributed by atoms with E-state index >= 15 is 0 Å². The standard InChI is InChI=1S/C11H14FNO/c12-9-3-1-4-10(7-9)13-11(8-14)5-2-6-11/h1,3-4,7,13-14H,2,5-6,8H2. The molecule has 1 fully saturated rings. The van der Waals surface area contributed by atoms with Gasteiger partial charge in [-0.25, -0.2) is 4.39 Å². The van der Waals surface area contributed by atoms with Crippen LogP contribution in [-0.2, 0) is 0 Å². The van der Waals surface area contributed by atoms with Crippen molar-refractivity contribution in [2.45, 2.75) is 24.8 Å². The van der Waals surface area contributed by atoms with Crippen LogP contribution in [0.4, 0.5) is 10.1 Å². The van der Waals surface area contributed by atoms with Gasteiger partial charge in [-0.15, -0.1) is 0 Å². The molecule has 1 aliphatic rings. The average molecular weight is 195 g/mol. The molecule has 0 aliphatic heterocycles. The Bertz CT molecular complexity index is 317. The highest BCUT2D eigenvalue weighted by Gasteiger charge is 2.36. The van der Waals surface area contributed by atoms with Gasteiger partial charge in [0.25, 0.3) is 0 Å². The van der Waals surface area contributed by atoms with Crippen LogP contribution >= 0.6 is 0 Å². The van der Waals surface area contributed by atoms with E-state index in [0.29, 0.717) is 0 Å². The van der Waals surface area contributed by atoms with Gasteiger partial charge in [0.15, 0.2) is 0 Å². The Labute approximate surface area is 82.8 Å². The zero-order valence-corrected chi connectivity index (χ0v) is 7.96. The molecule has 0 bridgehead atoms. The van der Waals surface area contributed by atoms with Crippen molar-refractivity contribution in [1.82, 2.24) is 0 Å². The van der Waals surface area contributed by atoms with Gasteiger partial charge < -0.3 is 10.4 Å². The molecule has 0 unspecified atom stereocenters. The van der Waals surface area contributed by atoms with E-state index in [1.165, 1.54) is 12.1 Å². The molecule has 2 N–H and O–H groups in total. The van der Waals surface area contributed by atoms with Crippen molar-refractivity contribution in [3.05, 3.63) is 30.1 Å².